The highest BCUT2D eigenvalue weighted by Crippen LogP contribution is 2.12. The molecule has 1 aliphatic rings. The molecule has 1 aliphatic heterocycles. The third-order valence-electron chi connectivity index (χ3n) is 3.34. The average molecular weight is 217 g/mol. The lowest BCUT2D eigenvalue weighted by molar-refractivity contribution is 0.284. The van der Waals surface area contributed by atoms with Gasteiger partial charge >= 0.3 is 0 Å². The van der Waals surface area contributed by atoms with Crippen LogP contribution in [0.2, 0.25) is 0 Å². The first-order valence-electron chi connectivity index (χ1n) is 6.17. The summed E-state index contributed by atoms with van der Waals surface area (Å²) in [6.45, 7) is 9.80. The minimum absolute atomic E-state index is 1.00. The van der Waals surface area contributed by atoms with Gasteiger partial charge in [0.25, 0.3) is 0 Å². The third kappa shape index (κ3) is 3.06. The molecule has 1 heterocycles. The lowest BCUT2D eigenvalue weighted by Crippen LogP contribution is -2.26. The third-order valence-corrected chi connectivity index (χ3v) is 3.34. The van der Waals surface area contributed by atoms with Gasteiger partial charge in [-0.05, 0) is 43.5 Å². The van der Waals surface area contributed by atoms with Gasteiger partial charge in [-0.2, -0.15) is 0 Å². The first-order chi connectivity index (χ1) is 7.75. The van der Waals surface area contributed by atoms with E-state index in [-0.39, 0.29) is 0 Å². The Kier molecular flexibility index (Phi) is 3.97. The van der Waals surface area contributed by atoms with Crippen molar-refractivity contribution in [3.8, 4) is 0 Å². The molecule has 0 aliphatic carbocycles. The van der Waals surface area contributed by atoms with Gasteiger partial charge in [-0.25, -0.2) is 5.32 Å². The van der Waals surface area contributed by atoms with Gasteiger partial charge in [-0.1, -0.05) is 18.2 Å². The zero-order valence-electron chi connectivity index (χ0n) is 10.4. The Morgan fingerprint density at radius 3 is 2.81 bits per heavy atom. The summed E-state index contributed by atoms with van der Waals surface area (Å²) >= 11 is 0. The van der Waals surface area contributed by atoms with Crippen LogP contribution in [0.5, 0.6) is 0 Å². The quantitative estimate of drug-likeness (QED) is 0.741. The van der Waals surface area contributed by atoms with Gasteiger partial charge in [0.2, 0.25) is 0 Å². The zero-order chi connectivity index (χ0) is 11.4. The number of rotatable bonds is 2. The van der Waals surface area contributed by atoms with Crippen molar-refractivity contribution in [2.45, 2.75) is 26.8 Å². The van der Waals surface area contributed by atoms with Crippen molar-refractivity contribution in [1.29, 1.82) is 0 Å². The topological polar surface area (TPSA) is 17.3 Å². The van der Waals surface area contributed by atoms with E-state index in [2.05, 4.69) is 42.3 Å². The lowest BCUT2D eigenvalue weighted by Gasteiger charge is -2.19. The van der Waals surface area contributed by atoms with Gasteiger partial charge in [-0.3, -0.25) is 4.90 Å². The maximum absolute atomic E-state index is 4.45. The summed E-state index contributed by atoms with van der Waals surface area (Å²) in [6.07, 6.45) is 1.21. The Labute approximate surface area is 98.7 Å². The van der Waals surface area contributed by atoms with Crippen molar-refractivity contribution in [2.75, 3.05) is 26.2 Å². The van der Waals surface area contributed by atoms with Crippen LogP contribution >= 0.6 is 0 Å². The van der Waals surface area contributed by atoms with Gasteiger partial charge in [0.15, 0.2) is 0 Å². The number of nitrogens with zero attached hydrogens (tertiary/aromatic N) is 2. The molecular formula is C14H21N2. The van der Waals surface area contributed by atoms with Crippen molar-refractivity contribution in [2.24, 2.45) is 0 Å². The number of aryl methyl sites for hydroxylation is 2. The van der Waals surface area contributed by atoms with E-state index in [4.69, 9.17) is 0 Å². The predicted molar refractivity (Wildman–Crippen MR) is 67.7 cm³/mol. The van der Waals surface area contributed by atoms with Crippen LogP contribution in [0, 0.1) is 13.8 Å². The molecule has 0 aromatic heterocycles. The average Bonchev–Trinajstić information content (AvgIpc) is 2.52. The lowest BCUT2D eigenvalue weighted by atomic mass is 10.1. The van der Waals surface area contributed by atoms with E-state index in [9.17, 15) is 0 Å². The van der Waals surface area contributed by atoms with Crippen molar-refractivity contribution < 1.29 is 0 Å². The van der Waals surface area contributed by atoms with Gasteiger partial charge in [0.05, 0.1) is 0 Å². The molecule has 0 atom stereocenters. The molecule has 1 radical (unpaired) electrons. The molecule has 0 N–H and O–H groups in total. The number of hydrogen-bond acceptors (Lipinski definition) is 1. The summed E-state index contributed by atoms with van der Waals surface area (Å²) in [5.74, 6) is 0. The molecular weight excluding hydrogens is 196 g/mol. The van der Waals surface area contributed by atoms with E-state index in [1.807, 2.05) is 0 Å². The van der Waals surface area contributed by atoms with Crippen LogP contribution in [0.1, 0.15) is 23.1 Å². The maximum atomic E-state index is 4.45. The normalized spacial score (nSPS) is 18.4. The molecule has 16 heavy (non-hydrogen) atoms. The van der Waals surface area contributed by atoms with Crippen LogP contribution in [0.3, 0.4) is 0 Å². The Bertz CT molecular complexity index is 339. The molecule has 0 bridgehead atoms. The predicted octanol–water partition coefficient (Wildman–Crippen LogP) is 2.11. The van der Waals surface area contributed by atoms with Crippen LogP contribution in [0.4, 0.5) is 0 Å². The maximum Gasteiger partial charge on any atom is 0.0261 e. The fraction of sp³-hybridized carbons (Fsp3) is 0.571. The van der Waals surface area contributed by atoms with E-state index in [1.54, 1.807) is 0 Å². The smallest absolute Gasteiger partial charge is 0.0261 e. The summed E-state index contributed by atoms with van der Waals surface area (Å²) in [6, 6.07) is 6.80. The molecule has 1 fully saturated rings. The van der Waals surface area contributed by atoms with Crippen molar-refractivity contribution in [1.82, 2.24) is 10.2 Å². The van der Waals surface area contributed by atoms with Gasteiger partial charge in [-0.15, -0.1) is 0 Å². The van der Waals surface area contributed by atoms with Gasteiger partial charge in [0.1, 0.15) is 0 Å². The Balaban J connectivity index is 1.99. The zero-order valence-corrected chi connectivity index (χ0v) is 10.4. The van der Waals surface area contributed by atoms with Crippen molar-refractivity contribution >= 4 is 0 Å². The molecule has 0 saturated carbocycles. The molecule has 87 valence electrons. The summed E-state index contributed by atoms with van der Waals surface area (Å²) in [5, 5.41) is 4.45. The van der Waals surface area contributed by atoms with Crippen molar-refractivity contribution in [3.63, 3.8) is 0 Å². The van der Waals surface area contributed by atoms with Crippen LogP contribution in [0.15, 0.2) is 18.2 Å². The highest BCUT2D eigenvalue weighted by molar-refractivity contribution is 5.29. The van der Waals surface area contributed by atoms with E-state index in [1.165, 1.54) is 29.7 Å². The molecule has 1 saturated heterocycles. The second-order valence-corrected chi connectivity index (χ2v) is 4.72. The molecule has 0 unspecified atom stereocenters. The van der Waals surface area contributed by atoms with Crippen LogP contribution in [-0.4, -0.2) is 31.1 Å². The number of benzene rings is 1. The Hall–Kier alpha value is -0.860. The fourth-order valence-electron chi connectivity index (χ4n) is 2.16. The summed E-state index contributed by atoms with van der Waals surface area (Å²) < 4.78 is 0. The van der Waals surface area contributed by atoms with Crippen LogP contribution in [0.25, 0.3) is 0 Å². The summed E-state index contributed by atoms with van der Waals surface area (Å²) in [7, 11) is 0. The minimum Gasteiger partial charge on any atom is -0.298 e. The molecule has 1 aromatic carbocycles. The SMILES string of the molecule is Cc1ccc(CN2CCC[N]CC2)cc1C. The molecule has 1 aromatic rings. The highest BCUT2D eigenvalue weighted by atomic mass is 15.1. The standard InChI is InChI=1S/C14H21N2/c1-12-4-5-14(10-13(12)2)11-16-8-3-6-15-7-9-16/h4-5,10H,3,6-9,11H2,1-2H3. The minimum atomic E-state index is 1.00. The van der Waals surface area contributed by atoms with E-state index in [0.29, 0.717) is 0 Å². The van der Waals surface area contributed by atoms with Crippen LogP contribution < -0.4 is 5.32 Å². The van der Waals surface area contributed by atoms with Crippen molar-refractivity contribution in [3.05, 3.63) is 34.9 Å². The van der Waals surface area contributed by atoms with E-state index < -0.39 is 0 Å². The number of hydrogen-bond donors (Lipinski definition) is 0. The first kappa shape index (κ1) is 11.6. The van der Waals surface area contributed by atoms with Gasteiger partial charge < -0.3 is 0 Å². The second kappa shape index (κ2) is 5.46. The summed E-state index contributed by atoms with van der Waals surface area (Å²) in [5.41, 5.74) is 4.22. The molecule has 2 nitrogen and oxygen atoms in total. The molecule has 2 heteroatoms. The Morgan fingerprint density at radius 2 is 2.00 bits per heavy atom. The van der Waals surface area contributed by atoms with Gasteiger partial charge in [0, 0.05) is 26.2 Å². The summed E-state index contributed by atoms with van der Waals surface area (Å²) in [4.78, 5) is 2.51. The molecule has 0 amide bonds. The largest absolute Gasteiger partial charge is 0.298 e. The first-order valence-corrected chi connectivity index (χ1v) is 6.17. The van der Waals surface area contributed by atoms with E-state index in [0.717, 1.165) is 26.2 Å². The highest BCUT2D eigenvalue weighted by Gasteiger charge is 2.09. The fourth-order valence-corrected chi connectivity index (χ4v) is 2.16. The second-order valence-electron chi connectivity index (χ2n) is 4.72. The van der Waals surface area contributed by atoms with Crippen LogP contribution in [-0.2, 0) is 6.54 Å². The monoisotopic (exact) mass is 217 g/mol. The molecule has 2 rings (SSSR count). The Morgan fingerprint density at radius 1 is 1.12 bits per heavy atom. The van der Waals surface area contributed by atoms with E-state index >= 15 is 0 Å². The molecule has 0 spiro atoms.